The van der Waals surface area contributed by atoms with Crippen LogP contribution in [0.5, 0.6) is 0 Å². The van der Waals surface area contributed by atoms with Gasteiger partial charge in [-0.2, -0.15) is 0 Å². The third-order valence-electron chi connectivity index (χ3n) is 4.50. The van der Waals surface area contributed by atoms with Crippen LogP contribution < -0.4 is 0 Å². The minimum absolute atomic E-state index is 0.00708. The normalized spacial score (nSPS) is 23.8. The highest BCUT2D eigenvalue weighted by Crippen LogP contribution is 2.31. The van der Waals surface area contributed by atoms with Crippen LogP contribution in [0.4, 0.5) is 9.18 Å². The maximum atomic E-state index is 15.0. The van der Waals surface area contributed by atoms with Crippen LogP contribution >= 0.6 is 0 Å². The molecule has 2 rings (SSSR count). The van der Waals surface area contributed by atoms with Crippen LogP contribution in [-0.4, -0.2) is 47.4 Å². The highest BCUT2D eigenvalue weighted by Gasteiger charge is 2.41. The Kier molecular flexibility index (Phi) is 6.17. The van der Waals surface area contributed by atoms with Gasteiger partial charge in [0.05, 0.1) is 19.1 Å². The summed E-state index contributed by atoms with van der Waals surface area (Å²) in [5.41, 5.74) is 1.98. The molecule has 1 aliphatic rings. The van der Waals surface area contributed by atoms with Gasteiger partial charge in [0.1, 0.15) is 6.17 Å². The molecule has 1 heterocycles. The number of nitrogens with zero attached hydrogens (tertiary/aromatic N) is 1. The van der Waals surface area contributed by atoms with Crippen molar-refractivity contribution in [2.24, 2.45) is 5.92 Å². The van der Waals surface area contributed by atoms with E-state index in [2.05, 4.69) is 0 Å². The highest BCUT2D eigenvalue weighted by atomic mass is 19.1. The van der Waals surface area contributed by atoms with Gasteiger partial charge in [-0.1, -0.05) is 29.8 Å². The minimum atomic E-state index is -1.39. The molecule has 1 N–H and O–H groups in total. The van der Waals surface area contributed by atoms with Gasteiger partial charge in [-0.15, -0.1) is 0 Å². The summed E-state index contributed by atoms with van der Waals surface area (Å²) in [5.74, 6) is -0.932. The fraction of sp³-hybridized carbons (Fsp3) is 0.556. The standard InChI is InChI=1S/C18H24FNO4/c1-3-24-16(21)11-14-8-9-20(18(22)23)15(17(14)19)10-13-6-4-12(2)5-7-13/h4-7,14-15,17H,3,8-11H2,1-2H3,(H,22,23). The van der Waals surface area contributed by atoms with Crippen LogP contribution in [0.15, 0.2) is 24.3 Å². The molecule has 1 aromatic rings. The largest absolute Gasteiger partial charge is 0.466 e. The molecular weight excluding hydrogens is 313 g/mol. The number of carbonyl (C=O) groups excluding carboxylic acids is 1. The fourth-order valence-electron chi connectivity index (χ4n) is 3.19. The van der Waals surface area contributed by atoms with E-state index >= 15 is 0 Å². The number of hydrogen-bond donors (Lipinski definition) is 1. The van der Waals surface area contributed by atoms with E-state index in [1.165, 1.54) is 0 Å². The van der Waals surface area contributed by atoms with Gasteiger partial charge in [0.25, 0.3) is 0 Å². The van der Waals surface area contributed by atoms with Gasteiger partial charge in [-0.05, 0) is 32.3 Å². The molecule has 1 aliphatic heterocycles. The predicted molar refractivity (Wildman–Crippen MR) is 87.7 cm³/mol. The molecule has 6 heteroatoms. The Hall–Kier alpha value is -2.11. The van der Waals surface area contributed by atoms with Gasteiger partial charge in [-0.3, -0.25) is 4.79 Å². The number of piperidine rings is 1. The lowest BCUT2D eigenvalue weighted by Crippen LogP contribution is -2.54. The predicted octanol–water partition coefficient (Wildman–Crippen LogP) is 3.20. The second-order valence-electron chi connectivity index (χ2n) is 6.24. The van der Waals surface area contributed by atoms with Gasteiger partial charge in [-0.25, -0.2) is 9.18 Å². The number of amides is 1. The average molecular weight is 337 g/mol. The van der Waals surface area contributed by atoms with E-state index in [1.54, 1.807) is 6.92 Å². The fourth-order valence-corrected chi connectivity index (χ4v) is 3.19. The van der Waals surface area contributed by atoms with Gasteiger partial charge in [0, 0.05) is 12.5 Å². The first kappa shape index (κ1) is 18.2. The Labute approximate surface area is 141 Å². The Balaban J connectivity index is 2.13. The molecule has 0 spiro atoms. The molecule has 3 unspecified atom stereocenters. The molecule has 132 valence electrons. The number of halogens is 1. The number of carbonyl (C=O) groups is 2. The smallest absolute Gasteiger partial charge is 0.407 e. The number of benzene rings is 1. The SMILES string of the molecule is CCOC(=O)CC1CCN(C(=O)O)C(Cc2ccc(C)cc2)C1F. The lowest BCUT2D eigenvalue weighted by atomic mass is 9.84. The van der Waals surface area contributed by atoms with E-state index in [1.807, 2.05) is 31.2 Å². The third-order valence-corrected chi connectivity index (χ3v) is 4.50. The second kappa shape index (κ2) is 8.13. The number of ether oxygens (including phenoxy) is 1. The molecule has 1 saturated heterocycles. The molecule has 24 heavy (non-hydrogen) atoms. The molecule has 0 aliphatic carbocycles. The zero-order valence-corrected chi connectivity index (χ0v) is 14.1. The summed E-state index contributed by atoms with van der Waals surface area (Å²) < 4.78 is 19.9. The monoisotopic (exact) mass is 337 g/mol. The Morgan fingerprint density at radius 2 is 2.00 bits per heavy atom. The summed E-state index contributed by atoms with van der Waals surface area (Å²) in [7, 11) is 0. The summed E-state index contributed by atoms with van der Waals surface area (Å²) in [6.07, 6.45) is -1.89. The molecule has 0 aromatic heterocycles. The molecule has 3 atom stereocenters. The topological polar surface area (TPSA) is 66.8 Å². The van der Waals surface area contributed by atoms with Crippen molar-refractivity contribution < 1.29 is 23.8 Å². The second-order valence-corrected chi connectivity index (χ2v) is 6.24. The zero-order valence-electron chi connectivity index (χ0n) is 14.1. The van der Waals surface area contributed by atoms with Crippen LogP contribution in [0, 0.1) is 12.8 Å². The lowest BCUT2D eigenvalue weighted by molar-refractivity contribution is -0.145. The first-order valence-electron chi connectivity index (χ1n) is 8.27. The Bertz CT molecular complexity index is 575. The van der Waals surface area contributed by atoms with E-state index in [0.717, 1.165) is 16.0 Å². The van der Waals surface area contributed by atoms with Crippen molar-refractivity contribution in [2.45, 2.75) is 45.3 Å². The third kappa shape index (κ3) is 4.46. The number of rotatable bonds is 5. The van der Waals surface area contributed by atoms with Crippen molar-refractivity contribution in [2.75, 3.05) is 13.2 Å². The van der Waals surface area contributed by atoms with Crippen LogP contribution in [0.3, 0.4) is 0 Å². The lowest BCUT2D eigenvalue weighted by Gasteiger charge is -2.40. The van der Waals surface area contributed by atoms with Crippen LogP contribution in [0.25, 0.3) is 0 Å². The average Bonchev–Trinajstić information content (AvgIpc) is 2.53. The molecule has 0 bridgehead atoms. The van der Waals surface area contributed by atoms with Crippen LogP contribution in [0.1, 0.15) is 30.9 Å². The van der Waals surface area contributed by atoms with Gasteiger partial charge in [0.15, 0.2) is 0 Å². The molecular formula is C18H24FNO4. The number of likely N-dealkylation sites (tertiary alicyclic amines) is 1. The number of aryl methyl sites for hydroxylation is 1. The van der Waals surface area contributed by atoms with E-state index in [0.29, 0.717) is 12.8 Å². The van der Waals surface area contributed by atoms with Crippen molar-refractivity contribution in [1.29, 1.82) is 0 Å². The Morgan fingerprint density at radius 3 is 2.58 bits per heavy atom. The summed E-state index contributed by atoms with van der Waals surface area (Å²) >= 11 is 0. The van der Waals surface area contributed by atoms with E-state index in [4.69, 9.17) is 4.74 Å². The maximum absolute atomic E-state index is 15.0. The van der Waals surface area contributed by atoms with Crippen molar-refractivity contribution in [3.05, 3.63) is 35.4 Å². The van der Waals surface area contributed by atoms with E-state index in [9.17, 15) is 19.1 Å². The Morgan fingerprint density at radius 1 is 1.33 bits per heavy atom. The van der Waals surface area contributed by atoms with Crippen molar-refractivity contribution in [3.63, 3.8) is 0 Å². The molecule has 1 amide bonds. The summed E-state index contributed by atoms with van der Waals surface area (Å²) in [5, 5.41) is 9.37. The first-order valence-corrected chi connectivity index (χ1v) is 8.27. The van der Waals surface area contributed by atoms with Gasteiger partial charge in [0.2, 0.25) is 0 Å². The first-order chi connectivity index (χ1) is 11.4. The molecule has 1 aromatic carbocycles. The van der Waals surface area contributed by atoms with Gasteiger partial charge >= 0.3 is 12.1 Å². The molecule has 5 nitrogen and oxygen atoms in total. The van der Waals surface area contributed by atoms with E-state index in [-0.39, 0.29) is 19.6 Å². The van der Waals surface area contributed by atoms with Crippen LogP contribution in [-0.2, 0) is 16.0 Å². The number of alkyl halides is 1. The maximum Gasteiger partial charge on any atom is 0.407 e. The summed E-state index contributed by atoms with van der Waals surface area (Å²) in [6, 6.07) is 6.84. The highest BCUT2D eigenvalue weighted by molar-refractivity contribution is 5.70. The number of carboxylic acid groups (broad SMARTS) is 1. The number of hydrogen-bond acceptors (Lipinski definition) is 3. The van der Waals surface area contributed by atoms with Crippen molar-refractivity contribution in [3.8, 4) is 0 Å². The summed E-state index contributed by atoms with van der Waals surface area (Å²) in [6.45, 7) is 4.16. The van der Waals surface area contributed by atoms with Crippen LogP contribution in [0.2, 0.25) is 0 Å². The minimum Gasteiger partial charge on any atom is -0.466 e. The zero-order chi connectivity index (χ0) is 17.7. The van der Waals surface area contributed by atoms with E-state index < -0.39 is 30.2 Å². The number of esters is 1. The quantitative estimate of drug-likeness (QED) is 0.838. The van der Waals surface area contributed by atoms with Crippen molar-refractivity contribution in [1.82, 2.24) is 4.90 Å². The molecule has 0 saturated carbocycles. The molecule has 0 radical (unpaired) electrons. The molecule has 1 fully saturated rings. The van der Waals surface area contributed by atoms with Gasteiger partial charge < -0.3 is 14.7 Å². The van der Waals surface area contributed by atoms with Crippen molar-refractivity contribution >= 4 is 12.1 Å². The summed E-state index contributed by atoms with van der Waals surface area (Å²) in [4.78, 5) is 24.3.